The summed E-state index contributed by atoms with van der Waals surface area (Å²) >= 11 is 0. The van der Waals surface area contributed by atoms with Crippen molar-refractivity contribution >= 4 is 0 Å². The lowest BCUT2D eigenvalue weighted by atomic mass is 10.0. The smallest absolute Gasteiger partial charge is 0.0740 e. The molecule has 3 heteroatoms. The van der Waals surface area contributed by atoms with Crippen LogP contribution in [0.3, 0.4) is 0 Å². The van der Waals surface area contributed by atoms with E-state index in [0.29, 0.717) is 12.1 Å². The fraction of sp³-hybridized carbons (Fsp3) is 1.00. The number of ether oxygens (including phenoxy) is 1. The minimum absolute atomic E-state index is 0.263. The lowest BCUT2D eigenvalue weighted by Gasteiger charge is -2.36. The number of hydrogen-bond donors (Lipinski definition) is 0. The Balaban J connectivity index is 2.36. The van der Waals surface area contributed by atoms with E-state index in [2.05, 4.69) is 51.6 Å². The van der Waals surface area contributed by atoms with Crippen LogP contribution in [0.5, 0.6) is 0 Å². The maximum atomic E-state index is 5.97. The van der Waals surface area contributed by atoms with E-state index in [-0.39, 0.29) is 5.54 Å². The highest BCUT2D eigenvalue weighted by Crippen LogP contribution is 2.28. The zero-order chi connectivity index (χ0) is 12.3. The average Bonchev–Trinajstić information content (AvgIpc) is 2.46. The molecule has 16 heavy (non-hydrogen) atoms. The first-order valence-electron chi connectivity index (χ1n) is 6.35. The number of likely N-dealkylation sites (N-methyl/N-ethyl adjacent to an activating group) is 1. The zero-order valence-electron chi connectivity index (χ0n) is 11.8. The summed E-state index contributed by atoms with van der Waals surface area (Å²) in [6, 6.07) is 0.544. The van der Waals surface area contributed by atoms with E-state index >= 15 is 0 Å². The molecule has 1 heterocycles. The molecule has 1 aliphatic rings. The van der Waals surface area contributed by atoms with E-state index in [0.717, 1.165) is 19.7 Å². The van der Waals surface area contributed by atoms with E-state index in [1.165, 1.54) is 6.42 Å². The molecule has 0 amide bonds. The molecule has 1 rings (SSSR count). The summed E-state index contributed by atoms with van der Waals surface area (Å²) < 4.78 is 5.97. The van der Waals surface area contributed by atoms with E-state index in [9.17, 15) is 0 Å². The van der Waals surface area contributed by atoms with Gasteiger partial charge in [-0.05, 0) is 48.2 Å². The van der Waals surface area contributed by atoms with Gasteiger partial charge in [-0.25, -0.2) is 0 Å². The first-order valence-corrected chi connectivity index (χ1v) is 6.35. The van der Waals surface area contributed by atoms with Crippen LogP contribution in [0.25, 0.3) is 0 Å². The van der Waals surface area contributed by atoms with Gasteiger partial charge in [-0.1, -0.05) is 0 Å². The first kappa shape index (κ1) is 13.9. The Kier molecular flexibility index (Phi) is 4.77. The number of nitrogens with zero attached hydrogens (tertiary/aromatic N) is 2. The summed E-state index contributed by atoms with van der Waals surface area (Å²) in [4.78, 5) is 4.72. The molecular formula is C13H28N2O. The molecule has 1 fully saturated rings. The Morgan fingerprint density at radius 3 is 2.38 bits per heavy atom. The Morgan fingerprint density at radius 1 is 1.31 bits per heavy atom. The van der Waals surface area contributed by atoms with Crippen molar-refractivity contribution in [2.24, 2.45) is 0 Å². The van der Waals surface area contributed by atoms with Crippen LogP contribution < -0.4 is 0 Å². The largest absolute Gasteiger partial charge is 0.375 e. The molecule has 0 unspecified atom stereocenters. The van der Waals surface area contributed by atoms with Crippen molar-refractivity contribution in [1.82, 2.24) is 9.80 Å². The maximum absolute atomic E-state index is 5.97. The summed E-state index contributed by atoms with van der Waals surface area (Å²) in [7, 11) is 4.17. The Bertz CT molecular complexity index is 210. The van der Waals surface area contributed by atoms with Gasteiger partial charge < -0.3 is 9.64 Å². The second kappa shape index (κ2) is 5.48. The Labute approximate surface area is 101 Å². The van der Waals surface area contributed by atoms with Crippen molar-refractivity contribution in [3.63, 3.8) is 0 Å². The summed E-state index contributed by atoms with van der Waals surface area (Å²) in [6.45, 7) is 12.2. The number of likely N-dealkylation sites (tertiary alicyclic amines) is 1. The van der Waals surface area contributed by atoms with E-state index in [1.54, 1.807) is 0 Å². The second-order valence-electron chi connectivity index (χ2n) is 6.11. The van der Waals surface area contributed by atoms with E-state index < -0.39 is 0 Å². The average molecular weight is 228 g/mol. The fourth-order valence-corrected chi connectivity index (χ4v) is 2.47. The van der Waals surface area contributed by atoms with Crippen molar-refractivity contribution in [1.29, 1.82) is 0 Å². The van der Waals surface area contributed by atoms with Gasteiger partial charge >= 0.3 is 0 Å². The third-order valence-electron chi connectivity index (χ3n) is 3.42. The first-order chi connectivity index (χ1) is 7.32. The predicted octanol–water partition coefficient (Wildman–Crippen LogP) is 1.83. The lowest BCUT2D eigenvalue weighted by Crippen LogP contribution is -2.46. The SMILES string of the molecule is C[C@H]1[C@H](OCCN(C)C)CCN1C(C)(C)C. The highest BCUT2D eigenvalue weighted by Gasteiger charge is 2.37. The van der Waals surface area contributed by atoms with Gasteiger partial charge in [-0.3, -0.25) is 4.90 Å². The van der Waals surface area contributed by atoms with Crippen LogP contribution in [0.15, 0.2) is 0 Å². The molecule has 3 nitrogen and oxygen atoms in total. The van der Waals surface area contributed by atoms with Crippen LogP contribution >= 0.6 is 0 Å². The number of rotatable bonds is 4. The molecule has 0 aliphatic carbocycles. The third kappa shape index (κ3) is 3.72. The molecule has 0 saturated carbocycles. The summed E-state index contributed by atoms with van der Waals surface area (Å²) in [5.41, 5.74) is 0.263. The van der Waals surface area contributed by atoms with Crippen molar-refractivity contribution in [2.45, 2.75) is 51.8 Å². The van der Waals surface area contributed by atoms with Gasteiger partial charge in [0.2, 0.25) is 0 Å². The third-order valence-corrected chi connectivity index (χ3v) is 3.42. The Morgan fingerprint density at radius 2 is 1.94 bits per heavy atom. The minimum atomic E-state index is 0.263. The van der Waals surface area contributed by atoms with E-state index in [4.69, 9.17) is 4.74 Å². The van der Waals surface area contributed by atoms with Crippen molar-refractivity contribution in [2.75, 3.05) is 33.8 Å². The van der Waals surface area contributed by atoms with E-state index in [1.807, 2.05) is 0 Å². The van der Waals surface area contributed by atoms with Gasteiger partial charge in [0.05, 0.1) is 12.7 Å². The Hall–Kier alpha value is -0.120. The van der Waals surface area contributed by atoms with Gasteiger partial charge in [0.25, 0.3) is 0 Å². The van der Waals surface area contributed by atoms with Gasteiger partial charge in [-0.2, -0.15) is 0 Å². The van der Waals surface area contributed by atoms with Crippen LogP contribution in [0.4, 0.5) is 0 Å². The topological polar surface area (TPSA) is 15.7 Å². The summed E-state index contributed by atoms with van der Waals surface area (Å²) in [6.07, 6.45) is 1.59. The molecule has 0 bridgehead atoms. The quantitative estimate of drug-likeness (QED) is 0.730. The molecule has 1 saturated heterocycles. The predicted molar refractivity (Wildman–Crippen MR) is 68.8 cm³/mol. The van der Waals surface area contributed by atoms with Gasteiger partial charge in [-0.15, -0.1) is 0 Å². The molecule has 96 valence electrons. The highest BCUT2D eigenvalue weighted by molar-refractivity contribution is 4.91. The van der Waals surface area contributed by atoms with Crippen molar-refractivity contribution < 1.29 is 4.74 Å². The molecule has 1 aliphatic heterocycles. The second-order valence-corrected chi connectivity index (χ2v) is 6.11. The summed E-state index contributed by atoms with van der Waals surface area (Å²) in [5.74, 6) is 0. The molecule has 2 atom stereocenters. The minimum Gasteiger partial charge on any atom is -0.375 e. The van der Waals surface area contributed by atoms with Gasteiger partial charge in [0.15, 0.2) is 0 Å². The molecule has 0 N–H and O–H groups in total. The van der Waals surface area contributed by atoms with Crippen LogP contribution in [0.2, 0.25) is 0 Å². The fourth-order valence-electron chi connectivity index (χ4n) is 2.47. The van der Waals surface area contributed by atoms with Crippen molar-refractivity contribution in [3.8, 4) is 0 Å². The van der Waals surface area contributed by atoms with Crippen LogP contribution in [-0.4, -0.2) is 61.3 Å². The molecular weight excluding hydrogens is 200 g/mol. The van der Waals surface area contributed by atoms with Crippen LogP contribution in [-0.2, 0) is 4.74 Å². The van der Waals surface area contributed by atoms with Gasteiger partial charge in [0.1, 0.15) is 0 Å². The lowest BCUT2D eigenvalue weighted by molar-refractivity contribution is 0.00953. The monoisotopic (exact) mass is 228 g/mol. The standard InChI is InChI=1S/C13H28N2O/c1-11-12(16-10-9-14(5)6)7-8-15(11)13(2,3)4/h11-12H,7-10H2,1-6H3/t11-,12+/m0/s1. The normalized spacial score (nSPS) is 27.9. The van der Waals surface area contributed by atoms with Crippen molar-refractivity contribution in [3.05, 3.63) is 0 Å². The molecule has 0 spiro atoms. The molecule has 0 aromatic carbocycles. The van der Waals surface area contributed by atoms with Crippen LogP contribution in [0, 0.1) is 0 Å². The highest BCUT2D eigenvalue weighted by atomic mass is 16.5. The molecule has 0 aromatic heterocycles. The van der Waals surface area contributed by atoms with Gasteiger partial charge in [0, 0.05) is 24.7 Å². The number of hydrogen-bond acceptors (Lipinski definition) is 3. The molecule has 0 aromatic rings. The maximum Gasteiger partial charge on any atom is 0.0740 e. The summed E-state index contributed by atoms with van der Waals surface area (Å²) in [5, 5.41) is 0. The zero-order valence-corrected chi connectivity index (χ0v) is 11.8. The van der Waals surface area contributed by atoms with Crippen LogP contribution in [0.1, 0.15) is 34.1 Å². The molecule has 0 radical (unpaired) electrons.